The molecule has 0 unspecified atom stereocenters. The predicted molar refractivity (Wildman–Crippen MR) is 404 cm³/mol. The van der Waals surface area contributed by atoms with Crippen LogP contribution in [0, 0.1) is 19.9 Å². The monoisotopic (exact) mass is 1570 g/mol. The van der Waals surface area contributed by atoms with Crippen molar-refractivity contribution < 1.29 is 59.0 Å². The van der Waals surface area contributed by atoms with E-state index in [1.807, 2.05) is 303 Å². The molecular weight excluding hydrogens is 1430 g/mol. The van der Waals surface area contributed by atoms with Gasteiger partial charge in [-0.15, -0.1) is 0 Å². The molecule has 0 bridgehead atoms. The first-order valence-electron chi connectivity index (χ1n) is 34.0. The van der Waals surface area contributed by atoms with E-state index in [2.05, 4.69) is 134 Å². The van der Waals surface area contributed by atoms with Crippen molar-refractivity contribution in [3.05, 3.63) is 275 Å². The zero-order valence-corrected chi connectivity index (χ0v) is 69.8. The van der Waals surface area contributed by atoms with Gasteiger partial charge in [-0.05, 0) is 80.2 Å². The summed E-state index contributed by atoms with van der Waals surface area (Å²) in [6, 6.07) is 44.5. The molecule has 0 saturated heterocycles. The van der Waals surface area contributed by atoms with Crippen LogP contribution in [0.5, 0.6) is 0 Å². The molecule has 0 aliphatic heterocycles. The van der Waals surface area contributed by atoms with E-state index in [9.17, 15) is 0 Å². The SMILES string of the molecule is C1=CC2=C(C1)CC=C2.C1=CC2=C(C=CC2)C1.C1=CC2=C(C=CC2)C1.CC.CC.CC.CC.CC.CC.CC.CC.CC.CC.CC.CC.CC.CC.Cc1ccccc1.Cc1ccccc1.[V].[W].[W]=[CH]C1=[C-]CC=C1.c1ccccc1.c1ccccc1. The van der Waals surface area contributed by atoms with E-state index >= 15 is 0 Å². The molecule has 4 aromatic carbocycles. The van der Waals surface area contributed by atoms with Gasteiger partial charge < -0.3 is 0 Å². The number of hydrogen-bond acceptors (Lipinski definition) is 0. The van der Waals surface area contributed by atoms with Gasteiger partial charge in [-0.3, -0.25) is 0 Å². The largest absolute Gasteiger partial charge is 0.0623 e. The van der Waals surface area contributed by atoms with Crippen molar-refractivity contribution in [2.24, 2.45) is 0 Å². The Morgan fingerprint density at radius 2 is 0.494 bits per heavy atom. The molecule has 11 rings (SSSR count). The van der Waals surface area contributed by atoms with Gasteiger partial charge in [0.1, 0.15) is 0 Å². The quantitative estimate of drug-likeness (QED) is 0.167. The van der Waals surface area contributed by atoms with Crippen LogP contribution < -0.4 is 0 Å². The fourth-order valence-electron chi connectivity index (χ4n) is 6.14. The normalized spacial score (nSPS) is 11.2. The molecule has 0 N–H and O–H groups in total. The number of aryl methyl sites for hydroxylation is 2. The fraction of sp³-hybridized carbons (Fsp3) is 0.440. The third-order valence-corrected chi connectivity index (χ3v) is 10.2. The Kier molecular flexibility index (Phi) is 152. The second kappa shape index (κ2) is 116. The van der Waals surface area contributed by atoms with Crippen LogP contribution in [0.4, 0.5) is 0 Å². The minimum absolute atomic E-state index is 0. The average molecular weight is 1570 g/mol. The summed E-state index contributed by atoms with van der Waals surface area (Å²) in [4.78, 5) is 0. The molecule has 7 aliphatic carbocycles. The molecule has 7 aliphatic rings. The van der Waals surface area contributed by atoms with E-state index in [1.54, 1.807) is 5.57 Å². The minimum atomic E-state index is 0. The molecule has 0 saturated carbocycles. The van der Waals surface area contributed by atoms with Crippen molar-refractivity contribution in [1.82, 2.24) is 0 Å². The van der Waals surface area contributed by atoms with Crippen molar-refractivity contribution in [3.8, 4) is 0 Å². The predicted octanol–water partition coefficient (Wildman–Crippen LogP) is 29.4. The van der Waals surface area contributed by atoms with Crippen molar-refractivity contribution >= 4 is 4.40 Å². The maximum absolute atomic E-state index is 3.18. The van der Waals surface area contributed by atoms with Crippen LogP contribution in [0.25, 0.3) is 0 Å². The Morgan fingerprint density at radius 1 is 0.287 bits per heavy atom. The van der Waals surface area contributed by atoms with Crippen LogP contribution in [-0.4, -0.2) is 4.40 Å². The molecule has 0 nitrogen and oxygen atoms in total. The van der Waals surface area contributed by atoms with E-state index in [-0.39, 0.29) is 39.6 Å². The van der Waals surface area contributed by atoms with Crippen LogP contribution in [0.2, 0.25) is 0 Å². The summed E-state index contributed by atoms with van der Waals surface area (Å²) in [5.74, 6) is 0. The van der Waals surface area contributed by atoms with E-state index in [0.29, 0.717) is 0 Å². The first-order chi connectivity index (χ1) is 42.1. The third kappa shape index (κ3) is 79.8. The molecule has 0 amide bonds. The Balaban J connectivity index is -0.0000000617. The van der Waals surface area contributed by atoms with E-state index in [0.717, 1.165) is 6.42 Å². The average Bonchev–Trinajstić information content (AvgIpc) is 4.70. The first-order valence-corrected chi connectivity index (χ1v) is 35.7. The number of hydrogen-bond donors (Lipinski definition) is 0. The van der Waals surface area contributed by atoms with Crippen molar-refractivity contribution in [2.45, 2.75) is 253 Å². The van der Waals surface area contributed by atoms with E-state index in [4.69, 9.17) is 0 Å². The molecule has 495 valence electrons. The van der Waals surface area contributed by atoms with Crippen molar-refractivity contribution in [3.63, 3.8) is 0 Å². The molecule has 0 heterocycles. The zero-order valence-electron chi connectivity index (χ0n) is 62.6. The van der Waals surface area contributed by atoms with Crippen LogP contribution in [0.1, 0.15) is 250 Å². The molecule has 0 spiro atoms. The number of rotatable bonds is 1. The fourth-order valence-corrected chi connectivity index (χ4v) is 6.73. The molecule has 0 aromatic heterocycles. The Labute approximate surface area is 586 Å². The van der Waals surface area contributed by atoms with Gasteiger partial charge in [-0.1, -0.05) is 417 Å². The number of allylic oxidation sites excluding steroid dienone is 22. The number of benzene rings is 4. The summed E-state index contributed by atoms with van der Waals surface area (Å²) in [6.45, 7) is 60.2. The van der Waals surface area contributed by atoms with Crippen molar-refractivity contribution in [2.75, 3.05) is 0 Å². The van der Waals surface area contributed by atoms with Crippen molar-refractivity contribution in [1.29, 1.82) is 0 Å². The Bertz CT molecular complexity index is 1870. The maximum atomic E-state index is 3.18. The molecule has 4 aromatic rings. The second-order valence-corrected chi connectivity index (χ2v) is 14.6. The van der Waals surface area contributed by atoms with Gasteiger partial charge in [0.15, 0.2) is 0 Å². The molecule has 87 heavy (non-hydrogen) atoms. The Morgan fingerprint density at radius 3 is 0.644 bits per heavy atom. The van der Waals surface area contributed by atoms with Crippen LogP contribution in [-0.2, 0) is 59.0 Å². The molecule has 0 atom stereocenters. The van der Waals surface area contributed by atoms with Gasteiger partial charge in [-0.2, -0.15) is 0 Å². The summed E-state index contributed by atoms with van der Waals surface area (Å²) in [5.41, 5.74) is 13.1. The van der Waals surface area contributed by atoms with Crippen LogP contribution >= 0.6 is 0 Å². The summed E-state index contributed by atoms with van der Waals surface area (Å²) in [5, 5.41) is 0. The minimum Gasteiger partial charge on any atom is -0.0623 e. The van der Waals surface area contributed by atoms with Gasteiger partial charge in [0.2, 0.25) is 0 Å². The smallest absolute Gasteiger partial charge is 0.0623 e. The summed E-state index contributed by atoms with van der Waals surface area (Å²) < 4.78 is 2.14. The first kappa shape index (κ1) is 114. The summed E-state index contributed by atoms with van der Waals surface area (Å²) >= 11 is 1.50. The van der Waals surface area contributed by atoms with Gasteiger partial charge >= 0.3 is 54.0 Å². The van der Waals surface area contributed by atoms with E-state index < -0.39 is 0 Å². The standard InChI is InChI=1S/3C8H8.2C7H8.C6H5.2C6H6.14C2H6.V.2W/c3*1-3-7-5-2-6-8(7)4-1;2*1-7-5-3-2-4-6-7;1-6-4-2-3-5-6;2*1-2-4-6-5-3-1;14*1-2;;;/h2*1-3,6H,4-5H2;1-3,5H,4,6H2;2*2-6H,1H3;1-2,4H,3H2;2*1-6H;14*1-2H3;;;/q;;;;;-1;;;;;;;;;;;;;;;;;;;. The second-order valence-electron chi connectivity index (χ2n) is 13.8. The van der Waals surface area contributed by atoms with Gasteiger partial charge in [0.25, 0.3) is 0 Å². The molecule has 0 fully saturated rings. The topological polar surface area (TPSA) is 0 Å². The van der Waals surface area contributed by atoms with Gasteiger partial charge in [0, 0.05) is 39.6 Å². The third-order valence-electron chi connectivity index (χ3n) is 9.25. The molecular formula is C84H141VW2-. The van der Waals surface area contributed by atoms with Crippen LogP contribution in [0.15, 0.2) is 258 Å². The summed E-state index contributed by atoms with van der Waals surface area (Å²) in [7, 11) is 0. The Hall–Kier alpha value is -4.15. The zero-order chi connectivity index (χ0) is 68.0. The van der Waals surface area contributed by atoms with Gasteiger partial charge in [-0.25, -0.2) is 0 Å². The summed E-state index contributed by atoms with van der Waals surface area (Å²) in [6.07, 6.45) is 42.2. The molecule has 3 heteroatoms. The maximum Gasteiger partial charge on any atom is -0.0623 e. The molecule has 1 radical (unpaired) electrons. The van der Waals surface area contributed by atoms with E-state index in [1.165, 1.54) is 102 Å². The van der Waals surface area contributed by atoms with Crippen LogP contribution in [0.3, 0.4) is 0 Å². The van der Waals surface area contributed by atoms with Gasteiger partial charge in [0.05, 0.1) is 0 Å².